The van der Waals surface area contributed by atoms with Crippen LogP contribution in [0.2, 0.25) is 6.04 Å². The van der Waals surface area contributed by atoms with E-state index in [0.717, 1.165) is 19.6 Å². The Balaban J connectivity index is 5.09. The molecule has 0 bridgehead atoms. The molecule has 0 saturated heterocycles. The summed E-state index contributed by atoms with van der Waals surface area (Å²) in [6.45, 7) is 9.99. The Labute approximate surface area is 98.8 Å². The van der Waals surface area contributed by atoms with E-state index in [0.29, 0.717) is 0 Å². The van der Waals surface area contributed by atoms with Crippen LogP contribution in [0.15, 0.2) is 0 Å². The maximum Gasteiger partial charge on any atom is 0.127 e. The first-order chi connectivity index (χ1) is 7.00. The quantitative estimate of drug-likeness (QED) is 0.460. The van der Waals surface area contributed by atoms with Crippen LogP contribution < -0.4 is 0 Å². The van der Waals surface area contributed by atoms with E-state index in [1.807, 2.05) is 0 Å². The van der Waals surface area contributed by atoms with E-state index >= 15 is 0 Å². The third kappa shape index (κ3) is 2.81. The van der Waals surface area contributed by atoms with E-state index in [2.05, 4.69) is 56.6 Å². The van der Waals surface area contributed by atoms with Crippen molar-refractivity contribution in [1.29, 1.82) is 0 Å². The highest BCUT2D eigenvalue weighted by Crippen LogP contribution is 2.24. The van der Waals surface area contributed by atoms with Crippen molar-refractivity contribution in [3.05, 3.63) is 0 Å². The Morgan fingerprint density at radius 2 is 1.07 bits per heavy atom. The average molecular weight is 231 g/mol. The number of hydrogen-bond acceptors (Lipinski definition) is 3. The van der Waals surface area contributed by atoms with Crippen LogP contribution in [0.4, 0.5) is 0 Å². The molecular weight excluding hydrogens is 202 g/mol. The lowest BCUT2D eigenvalue weighted by molar-refractivity contribution is -0.121. The molecule has 0 radical (unpaired) electrons. The summed E-state index contributed by atoms with van der Waals surface area (Å²) in [5.74, 6) is 0.129. The van der Waals surface area contributed by atoms with Crippen LogP contribution in [0, 0.1) is 0 Å². The van der Waals surface area contributed by atoms with Crippen LogP contribution in [0.5, 0.6) is 0 Å². The predicted octanol–water partition coefficient (Wildman–Crippen LogP) is 0.279. The first kappa shape index (κ1) is 15.1. The molecule has 0 unspecified atom stereocenters. The zero-order valence-electron chi connectivity index (χ0n) is 11.7. The van der Waals surface area contributed by atoms with Crippen molar-refractivity contribution in [2.24, 2.45) is 0 Å². The van der Waals surface area contributed by atoms with Crippen molar-refractivity contribution in [3.63, 3.8) is 0 Å². The molecular formula is C11H29N3Si. The van der Waals surface area contributed by atoms with Crippen molar-refractivity contribution >= 4 is 10.2 Å². The molecule has 0 spiro atoms. The fourth-order valence-corrected chi connectivity index (χ4v) is 4.06. The van der Waals surface area contributed by atoms with Gasteiger partial charge in [0.25, 0.3) is 0 Å². The van der Waals surface area contributed by atoms with Crippen molar-refractivity contribution in [2.75, 3.05) is 40.8 Å². The molecule has 0 atom stereocenters. The van der Waals surface area contributed by atoms with Crippen LogP contribution in [0.3, 0.4) is 0 Å². The second-order valence-electron chi connectivity index (χ2n) is 4.17. The van der Waals surface area contributed by atoms with E-state index in [-0.39, 0.29) is 5.79 Å². The Morgan fingerprint density at radius 3 is 1.20 bits per heavy atom. The average Bonchev–Trinajstić information content (AvgIpc) is 2.29. The summed E-state index contributed by atoms with van der Waals surface area (Å²) in [6.07, 6.45) is 0. The van der Waals surface area contributed by atoms with Gasteiger partial charge >= 0.3 is 0 Å². The summed E-state index contributed by atoms with van der Waals surface area (Å²) in [6, 6.07) is 1.26. The van der Waals surface area contributed by atoms with Crippen molar-refractivity contribution < 1.29 is 0 Å². The monoisotopic (exact) mass is 231 g/mol. The van der Waals surface area contributed by atoms with E-state index < -0.39 is 0 Å². The molecule has 3 nitrogen and oxygen atoms in total. The van der Waals surface area contributed by atoms with Gasteiger partial charge in [-0.3, -0.25) is 14.7 Å². The summed E-state index contributed by atoms with van der Waals surface area (Å²) in [5.41, 5.74) is 0. The zero-order valence-corrected chi connectivity index (χ0v) is 13.7. The minimum absolute atomic E-state index is 0.129. The Morgan fingerprint density at radius 1 is 0.800 bits per heavy atom. The van der Waals surface area contributed by atoms with Gasteiger partial charge in [-0.15, -0.1) is 0 Å². The molecule has 0 fully saturated rings. The molecule has 0 heterocycles. The zero-order chi connectivity index (χ0) is 12.1. The molecule has 4 heteroatoms. The molecule has 0 aromatic heterocycles. The highest BCUT2D eigenvalue weighted by Gasteiger charge is 2.38. The molecule has 0 rings (SSSR count). The van der Waals surface area contributed by atoms with E-state index in [9.17, 15) is 0 Å². The van der Waals surface area contributed by atoms with Gasteiger partial charge in [0.2, 0.25) is 0 Å². The largest absolute Gasteiger partial charge is 0.276 e. The van der Waals surface area contributed by atoms with Crippen molar-refractivity contribution in [2.45, 2.75) is 32.6 Å². The normalized spacial score (nSPS) is 13.4. The predicted molar refractivity (Wildman–Crippen MR) is 72.4 cm³/mol. The third-order valence-electron chi connectivity index (χ3n) is 3.73. The molecule has 0 aromatic carbocycles. The summed E-state index contributed by atoms with van der Waals surface area (Å²) in [5, 5.41) is 0. The van der Waals surface area contributed by atoms with E-state index in [4.69, 9.17) is 0 Å². The Kier molecular flexibility index (Phi) is 6.67. The maximum absolute atomic E-state index is 2.47. The van der Waals surface area contributed by atoms with Gasteiger partial charge in [0, 0.05) is 10.2 Å². The van der Waals surface area contributed by atoms with Crippen LogP contribution in [-0.4, -0.2) is 71.5 Å². The molecule has 0 aromatic rings. The minimum Gasteiger partial charge on any atom is -0.276 e. The molecule has 0 aliphatic rings. The lowest BCUT2D eigenvalue weighted by Crippen LogP contribution is -2.66. The molecule has 0 aliphatic heterocycles. The Hall–Kier alpha value is 0.0969. The lowest BCUT2D eigenvalue weighted by Gasteiger charge is -2.52. The number of hydrogen-bond donors (Lipinski definition) is 0. The van der Waals surface area contributed by atoms with Gasteiger partial charge in [-0.2, -0.15) is 0 Å². The fraction of sp³-hybridized carbons (Fsp3) is 1.00. The molecule has 0 aliphatic carbocycles. The third-order valence-corrected chi connectivity index (χ3v) is 4.68. The van der Waals surface area contributed by atoms with Crippen molar-refractivity contribution in [3.8, 4) is 0 Å². The first-order valence-corrected chi connectivity index (χ1v) is 7.56. The minimum atomic E-state index is 0.129. The van der Waals surface area contributed by atoms with Crippen LogP contribution >= 0.6 is 0 Å². The SMILES string of the molecule is CCN(C)C(C[SiH3])(N(C)CC)N(C)CC. The fourth-order valence-electron chi connectivity index (χ4n) is 2.44. The summed E-state index contributed by atoms with van der Waals surface area (Å²) < 4.78 is 0. The van der Waals surface area contributed by atoms with Gasteiger partial charge in [0.05, 0.1) is 0 Å². The number of rotatable bonds is 7. The summed E-state index contributed by atoms with van der Waals surface area (Å²) in [4.78, 5) is 7.40. The van der Waals surface area contributed by atoms with Gasteiger partial charge in [0.15, 0.2) is 0 Å². The first-order valence-electron chi connectivity index (χ1n) is 6.14. The number of nitrogens with zero attached hydrogens (tertiary/aromatic N) is 3. The molecule has 0 N–H and O–H groups in total. The maximum atomic E-state index is 2.47. The van der Waals surface area contributed by atoms with Gasteiger partial charge in [0.1, 0.15) is 5.79 Å². The van der Waals surface area contributed by atoms with Crippen LogP contribution in [0.25, 0.3) is 0 Å². The van der Waals surface area contributed by atoms with Gasteiger partial charge in [-0.1, -0.05) is 20.8 Å². The van der Waals surface area contributed by atoms with Crippen molar-refractivity contribution in [1.82, 2.24) is 14.7 Å². The summed E-state index contributed by atoms with van der Waals surface area (Å²) in [7, 11) is 7.93. The standard InChI is InChI=1S/C11H29N3Si/c1-7-12(4)11(10-15,13(5)8-2)14(6)9-3/h7-10H2,1-6,15H3. The lowest BCUT2D eigenvalue weighted by atomic mass is 10.2. The van der Waals surface area contributed by atoms with E-state index in [1.165, 1.54) is 16.3 Å². The Bertz CT molecular complexity index is 149. The second kappa shape index (κ2) is 6.63. The van der Waals surface area contributed by atoms with E-state index in [1.54, 1.807) is 0 Å². The molecule has 0 amide bonds. The highest BCUT2D eigenvalue weighted by atomic mass is 28.1. The van der Waals surface area contributed by atoms with Gasteiger partial charge in [-0.25, -0.2) is 0 Å². The smallest absolute Gasteiger partial charge is 0.127 e. The van der Waals surface area contributed by atoms with Crippen LogP contribution in [-0.2, 0) is 0 Å². The topological polar surface area (TPSA) is 9.72 Å². The second-order valence-corrected chi connectivity index (χ2v) is 4.88. The van der Waals surface area contributed by atoms with Gasteiger partial charge in [-0.05, 0) is 46.8 Å². The van der Waals surface area contributed by atoms with Crippen LogP contribution in [0.1, 0.15) is 20.8 Å². The van der Waals surface area contributed by atoms with Gasteiger partial charge < -0.3 is 0 Å². The highest BCUT2D eigenvalue weighted by molar-refractivity contribution is 6.09. The summed E-state index contributed by atoms with van der Waals surface area (Å²) >= 11 is 0. The molecule has 92 valence electrons. The molecule has 0 saturated carbocycles. The molecule has 15 heavy (non-hydrogen) atoms.